The van der Waals surface area contributed by atoms with Crippen molar-refractivity contribution in [3.05, 3.63) is 82.3 Å². The number of sulfonamides is 1. The van der Waals surface area contributed by atoms with Crippen LogP contribution in [0, 0.1) is 0 Å². The third-order valence-electron chi connectivity index (χ3n) is 6.45. The van der Waals surface area contributed by atoms with Gasteiger partial charge in [-0.15, -0.1) is 0 Å². The van der Waals surface area contributed by atoms with Crippen LogP contribution in [0.3, 0.4) is 0 Å². The second-order valence-electron chi connectivity index (χ2n) is 10.8. The number of nitrogens with zero attached hydrogens (tertiary/aromatic N) is 2. The highest BCUT2D eigenvalue weighted by Gasteiger charge is 2.34. The van der Waals surface area contributed by atoms with Crippen molar-refractivity contribution < 1.29 is 27.5 Å². The highest BCUT2D eigenvalue weighted by Crippen LogP contribution is 2.36. The standard InChI is InChI=1S/C30H33Cl2N3O6S/c1-20(29(37)33-30(2,3)4)34(18-21-10-11-22(31)16-25(21)32)28(36)19-35(42(38,39)24-8-6-5-7-9-24)23-12-13-26-27(17-23)41-15-14-40-26/h5-13,16-17,20H,14-15,18-19H2,1-4H3,(H,33,37)/t20-/m0/s1. The van der Waals surface area contributed by atoms with Crippen LogP contribution in [0.5, 0.6) is 11.5 Å². The number of hydrogen-bond donors (Lipinski definition) is 1. The van der Waals surface area contributed by atoms with Gasteiger partial charge in [0.1, 0.15) is 25.8 Å². The molecule has 9 nitrogen and oxygen atoms in total. The molecule has 0 aliphatic carbocycles. The van der Waals surface area contributed by atoms with Gasteiger partial charge in [-0.25, -0.2) is 8.42 Å². The van der Waals surface area contributed by atoms with Crippen LogP contribution < -0.4 is 19.1 Å². The van der Waals surface area contributed by atoms with E-state index in [9.17, 15) is 18.0 Å². The molecule has 2 amide bonds. The van der Waals surface area contributed by atoms with Crippen molar-refractivity contribution in [2.75, 3.05) is 24.1 Å². The van der Waals surface area contributed by atoms with Gasteiger partial charge < -0.3 is 19.7 Å². The van der Waals surface area contributed by atoms with E-state index in [4.69, 9.17) is 32.7 Å². The summed E-state index contributed by atoms with van der Waals surface area (Å²) in [5.41, 5.74) is 0.181. The molecule has 3 aromatic rings. The summed E-state index contributed by atoms with van der Waals surface area (Å²) in [6, 6.07) is 16.4. The zero-order valence-electron chi connectivity index (χ0n) is 23.8. The third kappa shape index (κ3) is 7.48. The largest absolute Gasteiger partial charge is 0.486 e. The molecule has 42 heavy (non-hydrogen) atoms. The van der Waals surface area contributed by atoms with Crippen LogP contribution in [0.25, 0.3) is 0 Å². The van der Waals surface area contributed by atoms with Gasteiger partial charge in [-0.1, -0.05) is 47.5 Å². The molecule has 4 rings (SSSR count). The topological polar surface area (TPSA) is 105 Å². The average Bonchev–Trinajstić information content (AvgIpc) is 2.94. The number of fused-ring (bicyclic) bond motifs is 1. The molecule has 0 spiro atoms. The van der Waals surface area contributed by atoms with Crippen LogP contribution in [0.4, 0.5) is 5.69 Å². The van der Waals surface area contributed by atoms with E-state index in [1.165, 1.54) is 23.1 Å². The minimum absolute atomic E-state index is 0.00138. The molecule has 224 valence electrons. The monoisotopic (exact) mass is 633 g/mol. The van der Waals surface area contributed by atoms with Gasteiger partial charge in [-0.2, -0.15) is 0 Å². The van der Waals surface area contributed by atoms with Crippen LogP contribution >= 0.6 is 23.2 Å². The second-order valence-corrected chi connectivity index (χ2v) is 13.5. The lowest BCUT2D eigenvalue weighted by Crippen LogP contribution is -2.54. The Morgan fingerprint density at radius 3 is 2.26 bits per heavy atom. The van der Waals surface area contributed by atoms with Gasteiger partial charge in [0.2, 0.25) is 11.8 Å². The fourth-order valence-electron chi connectivity index (χ4n) is 4.33. The maximum absolute atomic E-state index is 14.1. The summed E-state index contributed by atoms with van der Waals surface area (Å²) < 4.78 is 40.2. The number of carbonyl (C=O) groups is 2. The summed E-state index contributed by atoms with van der Waals surface area (Å²) in [5, 5.41) is 3.62. The van der Waals surface area contributed by atoms with Crippen LogP contribution in [-0.4, -0.2) is 56.5 Å². The lowest BCUT2D eigenvalue weighted by atomic mass is 10.1. The Morgan fingerprint density at radius 2 is 1.62 bits per heavy atom. The molecule has 1 atom stereocenters. The Labute approximate surface area is 256 Å². The Hall–Kier alpha value is -3.47. The number of hydrogen-bond acceptors (Lipinski definition) is 6. The van der Waals surface area contributed by atoms with Gasteiger partial charge in [-0.05, 0) is 69.7 Å². The maximum Gasteiger partial charge on any atom is 0.264 e. The number of nitrogens with one attached hydrogen (secondary N) is 1. The van der Waals surface area contributed by atoms with Crippen molar-refractivity contribution >= 4 is 50.7 Å². The fourth-order valence-corrected chi connectivity index (χ4v) is 6.22. The van der Waals surface area contributed by atoms with E-state index >= 15 is 0 Å². The zero-order chi connectivity index (χ0) is 30.7. The van der Waals surface area contributed by atoms with Gasteiger partial charge in [0.25, 0.3) is 10.0 Å². The van der Waals surface area contributed by atoms with Crippen molar-refractivity contribution in [2.24, 2.45) is 0 Å². The molecule has 1 heterocycles. The zero-order valence-corrected chi connectivity index (χ0v) is 26.1. The Morgan fingerprint density at radius 1 is 0.952 bits per heavy atom. The number of carbonyl (C=O) groups excluding carboxylic acids is 2. The van der Waals surface area contributed by atoms with E-state index in [0.717, 1.165) is 4.31 Å². The van der Waals surface area contributed by atoms with Gasteiger partial charge >= 0.3 is 0 Å². The summed E-state index contributed by atoms with van der Waals surface area (Å²) in [6.07, 6.45) is 0. The highest BCUT2D eigenvalue weighted by atomic mass is 35.5. The van der Waals surface area contributed by atoms with Gasteiger partial charge in [0, 0.05) is 28.2 Å². The normalized spacial score (nSPS) is 13.7. The summed E-state index contributed by atoms with van der Waals surface area (Å²) in [4.78, 5) is 28.7. The van der Waals surface area contributed by atoms with E-state index in [-0.39, 0.29) is 17.1 Å². The molecule has 1 aliphatic heterocycles. The summed E-state index contributed by atoms with van der Waals surface area (Å²) >= 11 is 12.5. The summed E-state index contributed by atoms with van der Waals surface area (Å²) in [6.45, 7) is 7.08. The number of ether oxygens (including phenoxy) is 2. The molecule has 0 bridgehead atoms. The number of benzene rings is 3. The molecule has 0 fully saturated rings. The SMILES string of the molecule is C[C@@H](C(=O)NC(C)(C)C)N(Cc1ccc(Cl)cc1Cl)C(=O)CN(c1ccc2c(c1)OCCO2)S(=O)(=O)c1ccccc1. The first-order valence-electron chi connectivity index (χ1n) is 13.3. The first-order valence-corrected chi connectivity index (χ1v) is 15.5. The van der Waals surface area contributed by atoms with Crippen LogP contribution in [0.15, 0.2) is 71.6 Å². The number of amides is 2. The van der Waals surface area contributed by atoms with Crippen molar-refractivity contribution in [3.63, 3.8) is 0 Å². The van der Waals surface area contributed by atoms with E-state index in [0.29, 0.717) is 40.3 Å². The summed E-state index contributed by atoms with van der Waals surface area (Å²) in [5.74, 6) is -0.188. The van der Waals surface area contributed by atoms with Gasteiger partial charge in [0.15, 0.2) is 11.5 Å². The third-order valence-corrected chi connectivity index (χ3v) is 8.82. The van der Waals surface area contributed by atoms with E-state index < -0.39 is 40.0 Å². The quantitative estimate of drug-likeness (QED) is 0.343. The van der Waals surface area contributed by atoms with Crippen molar-refractivity contribution in [2.45, 2.75) is 50.7 Å². The minimum Gasteiger partial charge on any atom is -0.486 e. The molecule has 0 radical (unpaired) electrons. The van der Waals surface area contributed by atoms with Crippen molar-refractivity contribution in [1.82, 2.24) is 10.2 Å². The molecule has 0 saturated carbocycles. The lowest BCUT2D eigenvalue weighted by molar-refractivity contribution is -0.140. The Kier molecular flexibility index (Phi) is 9.60. The predicted molar refractivity (Wildman–Crippen MR) is 163 cm³/mol. The van der Waals surface area contributed by atoms with E-state index in [1.807, 2.05) is 20.8 Å². The van der Waals surface area contributed by atoms with Crippen molar-refractivity contribution in [1.29, 1.82) is 0 Å². The smallest absolute Gasteiger partial charge is 0.264 e. The van der Waals surface area contributed by atoms with Crippen molar-refractivity contribution in [3.8, 4) is 11.5 Å². The molecule has 12 heteroatoms. The van der Waals surface area contributed by atoms with Gasteiger partial charge in [-0.3, -0.25) is 13.9 Å². The fraction of sp³-hybridized carbons (Fsp3) is 0.333. The van der Waals surface area contributed by atoms with Crippen LogP contribution in [0.2, 0.25) is 10.0 Å². The molecule has 3 aromatic carbocycles. The van der Waals surface area contributed by atoms with Crippen LogP contribution in [-0.2, 0) is 26.2 Å². The number of rotatable bonds is 9. The molecule has 1 aliphatic rings. The lowest BCUT2D eigenvalue weighted by Gasteiger charge is -2.34. The van der Waals surface area contributed by atoms with Crippen LogP contribution in [0.1, 0.15) is 33.3 Å². The second kappa shape index (κ2) is 12.8. The average molecular weight is 635 g/mol. The van der Waals surface area contributed by atoms with E-state index in [2.05, 4.69) is 5.32 Å². The summed E-state index contributed by atoms with van der Waals surface area (Å²) in [7, 11) is -4.23. The maximum atomic E-state index is 14.1. The molecule has 0 saturated heterocycles. The predicted octanol–water partition coefficient (Wildman–Crippen LogP) is 5.29. The highest BCUT2D eigenvalue weighted by molar-refractivity contribution is 7.92. The molecule has 1 N–H and O–H groups in total. The molecule has 0 unspecified atom stereocenters. The number of halogens is 2. The number of anilines is 1. The first-order chi connectivity index (χ1) is 19.8. The molecular weight excluding hydrogens is 601 g/mol. The molecule has 0 aromatic heterocycles. The Balaban J connectivity index is 1.75. The molecular formula is C30H33Cl2N3O6S. The van der Waals surface area contributed by atoms with Gasteiger partial charge in [0.05, 0.1) is 10.6 Å². The van der Waals surface area contributed by atoms with E-state index in [1.54, 1.807) is 55.5 Å². The Bertz CT molecular complexity index is 1560. The minimum atomic E-state index is -4.23. The first kappa shape index (κ1) is 31.5.